The van der Waals surface area contributed by atoms with Crippen LogP contribution in [0.3, 0.4) is 0 Å². The maximum absolute atomic E-state index is 15.0. The number of nitrogens with zero attached hydrogens (tertiary/aromatic N) is 3. The van der Waals surface area contributed by atoms with Gasteiger partial charge in [0.25, 0.3) is 5.91 Å². The lowest BCUT2D eigenvalue weighted by Gasteiger charge is -2.33. The molecule has 5 aliphatic rings. The summed E-state index contributed by atoms with van der Waals surface area (Å²) in [6.45, 7) is 5.26. The molecule has 1 unspecified atom stereocenters. The van der Waals surface area contributed by atoms with Crippen molar-refractivity contribution in [1.29, 1.82) is 0 Å². The van der Waals surface area contributed by atoms with Crippen LogP contribution in [0.4, 0.5) is 0 Å². The lowest BCUT2D eigenvalue weighted by Crippen LogP contribution is -2.57. The number of rotatable bonds is 14. The summed E-state index contributed by atoms with van der Waals surface area (Å²) in [5.41, 5.74) is 0.678. The van der Waals surface area contributed by atoms with E-state index in [1.165, 1.54) is 0 Å². The van der Waals surface area contributed by atoms with E-state index >= 15 is 4.79 Å². The Morgan fingerprint density at radius 2 is 1.72 bits per heavy atom. The van der Waals surface area contributed by atoms with Gasteiger partial charge in [-0.1, -0.05) is 49.2 Å². The third kappa shape index (κ3) is 8.17. The fourth-order valence-corrected chi connectivity index (χ4v) is 10.6. The Morgan fingerprint density at radius 3 is 2.40 bits per heavy atom. The van der Waals surface area contributed by atoms with Gasteiger partial charge < -0.3 is 24.6 Å². The number of benzene rings is 2. The third-order valence-corrected chi connectivity index (χ3v) is 14.6. The van der Waals surface area contributed by atoms with Crippen LogP contribution in [0.25, 0.3) is 22.2 Å². The molecule has 2 saturated heterocycles. The average molecular weight is 812 g/mol. The van der Waals surface area contributed by atoms with Gasteiger partial charge in [0.15, 0.2) is 0 Å². The molecule has 3 aliphatic carbocycles. The number of fused-ring (bicyclic) bond motifs is 1. The molecule has 58 heavy (non-hydrogen) atoms. The summed E-state index contributed by atoms with van der Waals surface area (Å²) in [6.07, 6.45) is 8.73. The van der Waals surface area contributed by atoms with Crippen LogP contribution in [0, 0.1) is 17.8 Å². The predicted molar refractivity (Wildman–Crippen MR) is 218 cm³/mol. The standard InChI is InChI=1S/C44H53N5O8S/c1-3-30-26-44(30,43(53)47-58(54,55)33-17-18-33)46-41(51)38-23-32(27-49(38)42(52)35(28-12-8-9-13-28)24-40(50)48-20-10-5-11-21-48)57-39-25-36(29-14-6-4-7-15-29)45-37-22-31(56-2)16-19-34(37)39/h3-4,6-7,14-16,19,22,25,28,30,32-33,35,38H,1,5,8-13,17-18,20-21,23-24,26-27H2,2H3,(H,46,51)(H,47,53)/t30-,32+,35?,38-,44+/m0/s1. The van der Waals surface area contributed by atoms with Gasteiger partial charge in [-0.2, -0.15) is 0 Å². The highest BCUT2D eigenvalue weighted by atomic mass is 32.2. The van der Waals surface area contributed by atoms with Gasteiger partial charge in [0.05, 0.1) is 30.1 Å². The molecular weight excluding hydrogens is 759 g/mol. The van der Waals surface area contributed by atoms with Crippen LogP contribution < -0.4 is 19.5 Å². The minimum Gasteiger partial charge on any atom is -0.497 e. The quantitative estimate of drug-likeness (QED) is 0.210. The summed E-state index contributed by atoms with van der Waals surface area (Å²) in [5.74, 6) is -1.66. The third-order valence-electron chi connectivity index (χ3n) is 12.8. The zero-order valence-corrected chi connectivity index (χ0v) is 33.9. The van der Waals surface area contributed by atoms with E-state index in [0.717, 1.165) is 55.9 Å². The molecule has 3 heterocycles. The fourth-order valence-electron chi connectivity index (χ4n) is 9.22. The first kappa shape index (κ1) is 39.8. The number of hydrogen-bond acceptors (Lipinski definition) is 9. The molecule has 14 heteroatoms. The topological polar surface area (TPSA) is 164 Å². The monoisotopic (exact) mass is 811 g/mol. The minimum atomic E-state index is -3.89. The maximum atomic E-state index is 15.0. The Morgan fingerprint density at radius 1 is 0.983 bits per heavy atom. The second-order valence-corrected chi connectivity index (χ2v) is 18.7. The number of carbonyl (C=O) groups is 4. The molecule has 2 aliphatic heterocycles. The Bertz CT molecular complexity index is 2180. The number of piperidine rings is 1. The van der Waals surface area contributed by atoms with E-state index in [4.69, 9.17) is 14.5 Å². The Balaban J connectivity index is 1.11. The van der Waals surface area contributed by atoms with Gasteiger partial charge in [0.1, 0.15) is 29.2 Å². The molecule has 1 aromatic heterocycles. The Labute approximate surface area is 340 Å². The molecule has 3 aromatic rings. The maximum Gasteiger partial charge on any atom is 0.259 e. The van der Waals surface area contributed by atoms with Crippen molar-refractivity contribution < 1.29 is 37.1 Å². The van der Waals surface area contributed by atoms with E-state index in [9.17, 15) is 22.8 Å². The van der Waals surface area contributed by atoms with Crippen LogP contribution in [0.1, 0.15) is 77.0 Å². The summed E-state index contributed by atoms with van der Waals surface area (Å²) in [5, 5.41) is 3.00. The minimum absolute atomic E-state index is 0.00389. The second-order valence-electron chi connectivity index (χ2n) is 16.7. The Kier molecular flexibility index (Phi) is 11.2. The van der Waals surface area contributed by atoms with Gasteiger partial charge in [0, 0.05) is 60.8 Å². The SMILES string of the molecule is C=C[C@H]1C[C@]1(NC(=O)[C@@H]1C[C@@H](Oc2cc(-c3ccccc3)nc3cc(OC)ccc23)CN1C(=O)C(CC(=O)N1CCCCC1)C1CCCC1)C(=O)NS(=O)(=O)C1CC1. The first-order valence-corrected chi connectivity index (χ1v) is 22.3. The van der Waals surface area contributed by atoms with Crippen LogP contribution in [0.5, 0.6) is 11.5 Å². The first-order valence-electron chi connectivity index (χ1n) is 20.8. The molecule has 13 nitrogen and oxygen atoms in total. The second kappa shape index (κ2) is 16.3. The zero-order chi connectivity index (χ0) is 40.6. The van der Waals surface area contributed by atoms with Crippen molar-refractivity contribution in [3.05, 3.63) is 67.3 Å². The molecule has 2 N–H and O–H groups in total. The van der Waals surface area contributed by atoms with Gasteiger partial charge in [-0.15, -0.1) is 6.58 Å². The van der Waals surface area contributed by atoms with Crippen LogP contribution in [-0.4, -0.2) is 96.5 Å². The molecule has 0 spiro atoms. The predicted octanol–water partition coefficient (Wildman–Crippen LogP) is 5.14. The van der Waals surface area contributed by atoms with Crippen LogP contribution in [-0.2, 0) is 29.2 Å². The average Bonchev–Trinajstić information content (AvgIpc) is 4.12. The zero-order valence-electron chi connectivity index (χ0n) is 33.1. The highest BCUT2D eigenvalue weighted by Crippen LogP contribution is 2.46. The van der Waals surface area contributed by atoms with Gasteiger partial charge in [-0.05, 0) is 69.4 Å². The highest BCUT2D eigenvalue weighted by Gasteiger charge is 2.62. The molecule has 3 saturated carbocycles. The number of sulfonamides is 1. The van der Waals surface area contributed by atoms with Gasteiger partial charge in [-0.25, -0.2) is 13.4 Å². The van der Waals surface area contributed by atoms with Crippen molar-refractivity contribution in [2.24, 2.45) is 17.8 Å². The van der Waals surface area contributed by atoms with Crippen molar-refractivity contribution in [2.45, 2.75) is 100.0 Å². The van der Waals surface area contributed by atoms with Crippen molar-refractivity contribution in [3.63, 3.8) is 0 Å². The number of pyridine rings is 1. The number of carbonyl (C=O) groups excluding carboxylic acids is 4. The number of aromatic nitrogens is 1. The fraction of sp³-hybridized carbons (Fsp3) is 0.523. The van der Waals surface area contributed by atoms with Crippen LogP contribution >= 0.6 is 0 Å². The smallest absolute Gasteiger partial charge is 0.259 e. The molecule has 5 fully saturated rings. The number of nitrogens with one attached hydrogen (secondary N) is 2. The lowest BCUT2D eigenvalue weighted by molar-refractivity contribution is -0.147. The molecule has 308 valence electrons. The van der Waals surface area contributed by atoms with Crippen molar-refractivity contribution in [2.75, 3.05) is 26.7 Å². The van der Waals surface area contributed by atoms with Gasteiger partial charge >= 0.3 is 0 Å². The van der Waals surface area contributed by atoms with Gasteiger partial charge in [-0.3, -0.25) is 23.9 Å². The summed E-state index contributed by atoms with van der Waals surface area (Å²) >= 11 is 0. The van der Waals surface area contributed by atoms with E-state index in [2.05, 4.69) is 16.6 Å². The number of ether oxygens (including phenoxy) is 2. The summed E-state index contributed by atoms with van der Waals surface area (Å²) < 4.78 is 40.2. The van der Waals surface area contributed by atoms with E-state index in [-0.39, 0.29) is 43.5 Å². The molecule has 4 amide bonds. The molecule has 0 radical (unpaired) electrons. The van der Waals surface area contributed by atoms with E-state index in [1.807, 2.05) is 59.5 Å². The highest BCUT2D eigenvalue weighted by molar-refractivity contribution is 7.91. The largest absolute Gasteiger partial charge is 0.497 e. The molecule has 8 rings (SSSR count). The molecule has 0 bridgehead atoms. The molecule has 2 aromatic carbocycles. The first-order chi connectivity index (χ1) is 28.0. The van der Waals surface area contributed by atoms with E-state index < -0.39 is 56.6 Å². The normalized spacial score (nSPS) is 25.2. The van der Waals surface area contributed by atoms with Crippen LogP contribution in [0.2, 0.25) is 0 Å². The lowest BCUT2D eigenvalue weighted by atomic mass is 9.86. The van der Waals surface area contributed by atoms with Crippen molar-refractivity contribution in [3.8, 4) is 22.8 Å². The summed E-state index contributed by atoms with van der Waals surface area (Å²) in [4.78, 5) is 65.4. The Hall–Kier alpha value is -4.98. The van der Waals surface area contributed by atoms with Crippen molar-refractivity contribution in [1.82, 2.24) is 24.8 Å². The van der Waals surface area contributed by atoms with E-state index in [1.54, 1.807) is 18.1 Å². The number of amides is 4. The summed E-state index contributed by atoms with van der Waals surface area (Å²) in [6, 6.07) is 16.0. The molecular formula is C44H53N5O8S. The van der Waals surface area contributed by atoms with Crippen LogP contribution in [0.15, 0.2) is 67.3 Å². The van der Waals surface area contributed by atoms with Gasteiger partial charge in [0.2, 0.25) is 27.7 Å². The summed E-state index contributed by atoms with van der Waals surface area (Å²) in [7, 11) is -2.30. The number of likely N-dealkylation sites (tertiary alicyclic amines) is 2. The van der Waals surface area contributed by atoms with E-state index in [0.29, 0.717) is 48.6 Å². The molecule has 5 atom stereocenters. The number of hydrogen-bond donors (Lipinski definition) is 2. The number of methoxy groups -OCH3 is 1. The van der Waals surface area contributed by atoms with Crippen molar-refractivity contribution >= 4 is 44.6 Å².